The number of hydrogen-bond donors (Lipinski definition) is 2. The van der Waals surface area contributed by atoms with E-state index in [0.717, 1.165) is 24.3 Å². The summed E-state index contributed by atoms with van der Waals surface area (Å²) in [6.07, 6.45) is -4.47. The van der Waals surface area contributed by atoms with Crippen LogP contribution in [-0.2, 0) is 11.0 Å². The molecular weight excluding hydrogens is 357 g/mol. The topological polar surface area (TPSA) is 58.2 Å². The van der Waals surface area contributed by atoms with Crippen LogP contribution >= 0.6 is 11.6 Å². The van der Waals surface area contributed by atoms with Crippen molar-refractivity contribution in [3.05, 3.63) is 64.2 Å². The van der Waals surface area contributed by atoms with Gasteiger partial charge in [0, 0.05) is 16.3 Å². The first-order chi connectivity index (χ1) is 11.7. The average molecular weight is 371 g/mol. The molecule has 0 saturated heterocycles. The number of carbonyl (C=O) groups excluding carboxylic acids is 2. The molecule has 0 unspecified atom stereocenters. The second kappa shape index (κ2) is 7.57. The van der Waals surface area contributed by atoms with Gasteiger partial charge in [0.1, 0.15) is 0 Å². The first-order valence-electron chi connectivity index (χ1n) is 7.19. The summed E-state index contributed by atoms with van der Waals surface area (Å²) in [5.41, 5.74) is 0.380. The van der Waals surface area contributed by atoms with E-state index in [9.17, 15) is 22.8 Å². The van der Waals surface area contributed by atoms with Crippen molar-refractivity contribution in [3.63, 3.8) is 0 Å². The van der Waals surface area contributed by atoms with E-state index in [4.69, 9.17) is 11.6 Å². The molecule has 0 aliphatic carbocycles. The average Bonchev–Trinajstić information content (AvgIpc) is 2.56. The number of halogens is 4. The summed E-state index contributed by atoms with van der Waals surface area (Å²) >= 11 is 5.95. The van der Waals surface area contributed by atoms with Crippen LogP contribution in [0.3, 0.4) is 0 Å². The van der Waals surface area contributed by atoms with Gasteiger partial charge < -0.3 is 10.6 Å². The second-order valence-electron chi connectivity index (χ2n) is 5.22. The Balaban J connectivity index is 1.93. The first kappa shape index (κ1) is 18.8. The van der Waals surface area contributed by atoms with Gasteiger partial charge in [-0.1, -0.05) is 17.7 Å². The van der Waals surface area contributed by atoms with E-state index in [1.54, 1.807) is 25.1 Å². The van der Waals surface area contributed by atoms with Crippen LogP contribution in [0, 0.1) is 6.92 Å². The highest BCUT2D eigenvalue weighted by Crippen LogP contribution is 2.29. The molecule has 2 aromatic rings. The molecule has 2 rings (SSSR count). The number of hydrogen-bond acceptors (Lipinski definition) is 2. The fraction of sp³-hybridized carbons (Fsp3) is 0.176. The molecule has 0 saturated carbocycles. The molecule has 0 aliphatic rings. The lowest BCUT2D eigenvalue weighted by molar-refractivity contribution is -0.137. The van der Waals surface area contributed by atoms with Crippen molar-refractivity contribution in [1.82, 2.24) is 5.32 Å². The molecule has 8 heteroatoms. The number of anilines is 1. The van der Waals surface area contributed by atoms with Crippen molar-refractivity contribution in [1.29, 1.82) is 0 Å². The largest absolute Gasteiger partial charge is 0.416 e. The van der Waals surface area contributed by atoms with E-state index < -0.39 is 23.6 Å². The van der Waals surface area contributed by atoms with Crippen LogP contribution in [0.4, 0.5) is 18.9 Å². The lowest BCUT2D eigenvalue weighted by Gasteiger charge is -2.11. The molecule has 25 heavy (non-hydrogen) atoms. The molecule has 0 radical (unpaired) electrons. The molecular formula is C17H14ClF3N2O2. The van der Waals surface area contributed by atoms with E-state index in [-0.39, 0.29) is 12.1 Å². The van der Waals surface area contributed by atoms with Crippen molar-refractivity contribution in [2.45, 2.75) is 13.1 Å². The van der Waals surface area contributed by atoms with E-state index in [1.807, 2.05) is 0 Å². The zero-order chi connectivity index (χ0) is 18.6. The second-order valence-corrected chi connectivity index (χ2v) is 5.63. The van der Waals surface area contributed by atoms with Gasteiger partial charge in [0.05, 0.1) is 12.1 Å². The Kier molecular flexibility index (Phi) is 5.69. The van der Waals surface area contributed by atoms with Crippen LogP contribution in [0.15, 0.2) is 42.5 Å². The summed E-state index contributed by atoms with van der Waals surface area (Å²) < 4.78 is 37.4. The summed E-state index contributed by atoms with van der Waals surface area (Å²) in [4.78, 5) is 23.8. The lowest BCUT2D eigenvalue weighted by Crippen LogP contribution is -2.33. The molecule has 0 fully saturated rings. The van der Waals surface area contributed by atoms with Gasteiger partial charge in [-0.3, -0.25) is 9.59 Å². The van der Waals surface area contributed by atoms with E-state index in [0.29, 0.717) is 16.3 Å². The van der Waals surface area contributed by atoms with Gasteiger partial charge in [0.15, 0.2) is 0 Å². The van der Waals surface area contributed by atoms with Crippen LogP contribution in [0.2, 0.25) is 5.02 Å². The van der Waals surface area contributed by atoms with Crippen molar-refractivity contribution in [2.24, 2.45) is 0 Å². The Bertz CT molecular complexity index is 789. The van der Waals surface area contributed by atoms with E-state index in [2.05, 4.69) is 10.6 Å². The number of alkyl halides is 3. The number of carbonyl (C=O) groups is 2. The first-order valence-corrected chi connectivity index (χ1v) is 7.56. The summed E-state index contributed by atoms with van der Waals surface area (Å²) in [6.45, 7) is 1.41. The third-order valence-electron chi connectivity index (χ3n) is 3.43. The molecule has 132 valence electrons. The third kappa shape index (κ3) is 4.96. The standard InChI is InChI=1S/C17H14ClF3N2O2/c1-10-13(18)3-2-4-14(10)23-15(24)9-22-16(25)11-5-7-12(8-6-11)17(19,20)21/h2-8H,9H2,1H3,(H,22,25)(H,23,24). The fourth-order valence-corrected chi connectivity index (χ4v) is 2.19. The molecule has 0 aliphatic heterocycles. The van der Waals surface area contributed by atoms with Gasteiger partial charge in [-0.2, -0.15) is 13.2 Å². The number of amides is 2. The highest BCUT2D eigenvalue weighted by molar-refractivity contribution is 6.31. The zero-order valence-electron chi connectivity index (χ0n) is 13.1. The smallest absolute Gasteiger partial charge is 0.343 e. The van der Waals surface area contributed by atoms with Gasteiger partial charge in [-0.05, 0) is 48.9 Å². The number of rotatable bonds is 4. The Hall–Kier alpha value is -2.54. The van der Waals surface area contributed by atoms with Gasteiger partial charge in [-0.25, -0.2) is 0 Å². The van der Waals surface area contributed by atoms with Gasteiger partial charge in [0.2, 0.25) is 5.91 Å². The Labute approximate surface area is 147 Å². The molecule has 4 nitrogen and oxygen atoms in total. The highest BCUT2D eigenvalue weighted by atomic mass is 35.5. The maximum absolute atomic E-state index is 12.5. The molecule has 0 atom stereocenters. The Morgan fingerprint density at radius 3 is 2.32 bits per heavy atom. The van der Waals surface area contributed by atoms with Crippen LogP contribution in [-0.4, -0.2) is 18.4 Å². The normalized spacial score (nSPS) is 11.1. The fourth-order valence-electron chi connectivity index (χ4n) is 2.01. The third-order valence-corrected chi connectivity index (χ3v) is 3.84. The predicted octanol–water partition coefficient (Wildman–Crippen LogP) is 4.04. The maximum Gasteiger partial charge on any atom is 0.416 e. The van der Waals surface area contributed by atoms with E-state index >= 15 is 0 Å². The van der Waals surface area contributed by atoms with Crippen LogP contribution in [0.5, 0.6) is 0 Å². The summed E-state index contributed by atoms with van der Waals surface area (Å²) in [6, 6.07) is 8.74. The SMILES string of the molecule is Cc1c(Cl)cccc1NC(=O)CNC(=O)c1ccc(C(F)(F)F)cc1. The monoisotopic (exact) mass is 370 g/mol. The number of benzene rings is 2. The van der Waals surface area contributed by atoms with Crippen molar-refractivity contribution < 1.29 is 22.8 Å². The maximum atomic E-state index is 12.5. The summed E-state index contributed by atoms with van der Waals surface area (Å²) in [7, 11) is 0. The van der Waals surface area contributed by atoms with Gasteiger partial charge >= 0.3 is 6.18 Å². The minimum Gasteiger partial charge on any atom is -0.343 e. The predicted molar refractivity (Wildman–Crippen MR) is 88.6 cm³/mol. The molecule has 0 bridgehead atoms. The summed E-state index contributed by atoms with van der Waals surface area (Å²) in [5.74, 6) is -1.13. The number of nitrogens with one attached hydrogen (secondary N) is 2. The van der Waals surface area contributed by atoms with Crippen LogP contribution < -0.4 is 10.6 Å². The van der Waals surface area contributed by atoms with E-state index in [1.165, 1.54) is 0 Å². The minimum absolute atomic E-state index is 0.0275. The van der Waals surface area contributed by atoms with Crippen molar-refractivity contribution in [2.75, 3.05) is 11.9 Å². The van der Waals surface area contributed by atoms with Crippen molar-refractivity contribution >= 4 is 29.1 Å². The zero-order valence-corrected chi connectivity index (χ0v) is 13.8. The van der Waals surface area contributed by atoms with Gasteiger partial charge in [-0.15, -0.1) is 0 Å². The quantitative estimate of drug-likeness (QED) is 0.853. The Morgan fingerprint density at radius 2 is 1.72 bits per heavy atom. The van der Waals surface area contributed by atoms with Crippen LogP contribution in [0.25, 0.3) is 0 Å². The molecule has 0 spiro atoms. The molecule has 2 N–H and O–H groups in total. The van der Waals surface area contributed by atoms with Gasteiger partial charge in [0.25, 0.3) is 5.91 Å². The lowest BCUT2D eigenvalue weighted by atomic mass is 10.1. The summed E-state index contributed by atoms with van der Waals surface area (Å²) in [5, 5.41) is 5.44. The molecule has 0 heterocycles. The molecule has 2 aromatic carbocycles. The molecule has 2 amide bonds. The Morgan fingerprint density at radius 1 is 1.08 bits per heavy atom. The van der Waals surface area contributed by atoms with Crippen LogP contribution in [0.1, 0.15) is 21.5 Å². The molecule has 0 aromatic heterocycles. The van der Waals surface area contributed by atoms with Crippen molar-refractivity contribution in [3.8, 4) is 0 Å². The highest BCUT2D eigenvalue weighted by Gasteiger charge is 2.30. The minimum atomic E-state index is -4.47.